The molecule has 0 aliphatic carbocycles. The topological polar surface area (TPSA) is 3.24 Å². The van der Waals surface area contributed by atoms with Crippen molar-refractivity contribution in [3.05, 3.63) is 35.9 Å². The molecule has 0 radical (unpaired) electrons. The van der Waals surface area contributed by atoms with Gasteiger partial charge in [-0.15, -0.1) is 11.8 Å². The molecular formula is C10H15NS. The second-order valence-corrected chi connectivity index (χ2v) is 3.88. The highest BCUT2D eigenvalue weighted by Gasteiger charge is 2.10. The van der Waals surface area contributed by atoms with E-state index in [2.05, 4.69) is 55.6 Å². The van der Waals surface area contributed by atoms with Crippen LogP contribution in [0.25, 0.3) is 0 Å². The minimum absolute atomic E-state index is 0.478. The second kappa shape index (κ2) is 4.53. The molecule has 0 N–H and O–H groups in total. The van der Waals surface area contributed by atoms with Gasteiger partial charge in [-0.05, 0) is 25.9 Å². The maximum Gasteiger partial charge on any atom is 0.0806 e. The Bertz CT molecular complexity index is 221. The summed E-state index contributed by atoms with van der Waals surface area (Å²) in [5.74, 6) is 0. The molecule has 2 heteroatoms. The van der Waals surface area contributed by atoms with Crippen molar-refractivity contribution in [2.45, 2.75) is 5.37 Å². The normalized spacial score (nSPS) is 13.3. The maximum atomic E-state index is 2.22. The van der Waals surface area contributed by atoms with Gasteiger partial charge in [-0.3, -0.25) is 4.90 Å². The summed E-state index contributed by atoms with van der Waals surface area (Å²) in [6, 6.07) is 10.6. The van der Waals surface area contributed by atoms with E-state index >= 15 is 0 Å². The second-order valence-electron chi connectivity index (χ2n) is 2.96. The first kappa shape index (κ1) is 9.62. The van der Waals surface area contributed by atoms with Gasteiger partial charge in [0.05, 0.1) is 5.37 Å². The van der Waals surface area contributed by atoms with Crippen molar-refractivity contribution in [1.29, 1.82) is 0 Å². The molecule has 0 saturated heterocycles. The first-order chi connectivity index (χ1) is 5.75. The van der Waals surface area contributed by atoms with E-state index in [1.54, 1.807) is 0 Å². The van der Waals surface area contributed by atoms with E-state index in [1.165, 1.54) is 5.56 Å². The standard InChI is InChI=1S/C10H15NS/c1-11(2)10(12-3)9-7-5-4-6-8-9/h4-8,10H,1-3H3. The van der Waals surface area contributed by atoms with Crippen molar-refractivity contribution < 1.29 is 0 Å². The molecule has 0 aliphatic rings. The zero-order valence-corrected chi connectivity index (χ0v) is 8.64. The molecule has 1 nitrogen and oxygen atoms in total. The van der Waals surface area contributed by atoms with Gasteiger partial charge in [-0.25, -0.2) is 0 Å². The van der Waals surface area contributed by atoms with Crippen LogP contribution in [0.4, 0.5) is 0 Å². The number of nitrogens with zero attached hydrogens (tertiary/aromatic N) is 1. The van der Waals surface area contributed by atoms with E-state index in [9.17, 15) is 0 Å². The SMILES string of the molecule is CSC(c1ccccc1)N(C)C. The van der Waals surface area contributed by atoms with E-state index in [4.69, 9.17) is 0 Å². The molecule has 1 atom stereocenters. The average molecular weight is 181 g/mol. The molecule has 0 heterocycles. The summed E-state index contributed by atoms with van der Waals surface area (Å²) >= 11 is 1.86. The molecule has 1 unspecified atom stereocenters. The predicted octanol–water partition coefficient (Wildman–Crippen LogP) is 2.61. The van der Waals surface area contributed by atoms with Crippen LogP contribution >= 0.6 is 11.8 Å². The smallest absolute Gasteiger partial charge is 0.0806 e. The lowest BCUT2D eigenvalue weighted by Crippen LogP contribution is -2.16. The lowest BCUT2D eigenvalue weighted by Gasteiger charge is -2.22. The van der Waals surface area contributed by atoms with Gasteiger partial charge in [0.25, 0.3) is 0 Å². The van der Waals surface area contributed by atoms with Crippen LogP contribution in [-0.4, -0.2) is 25.3 Å². The Morgan fingerprint density at radius 1 is 1.17 bits per heavy atom. The molecule has 0 aliphatic heterocycles. The summed E-state index contributed by atoms with van der Waals surface area (Å²) in [5.41, 5.74) is 1.37. The molecule has 0 fully saturated rings. The van der Waals surface area contributed by atoms with Gasteiger partial charge >= 0.3 is 0 Å². The van der Waals surface area contributed by atoms with Crippen LogP contribution < -0.4 is 0 Å². The van der Waals surface area contributed by atoms with Crippen molar-refractivity contribution >= 4 is 11.8 Å². The number of hydrogen-bond acceptors (Lipinski definition) is 2. The molecule has 0 saturated carbocycles. The van der Waals surface area contributed by atoms with Crippen LogP contribution in [0.1, 0.15) is 10.9 Å². The third-order valence-electron chi connectivity index (χ3n) is 1.78. The molecule has 0 spiro atoms. The van der Waals surface area contributed by atoms with Gasteiger partial charge in [0.2, 0.25) is 0 Å². The minimum Gasteiger partial charge on any atom is -0.294 e. The number of benzene rings is 1. The highest BCUT2D eigenvalue weighted by atomic mass is 32.2. The molecule has 0 bridgehead atoms. The zero-order chi connectivity index (χ0) is 8.97. The Labute approximate surface area is 78.8 Å². The van der Waals surface area contributed by atoms with Crippen LogP contribution in [0, 0.1) is 0 Å². The summed E-state index contributed by atoms with van der Waals surface area (Å²) in [6.07, 6.45) is 2.14. The molecule has 1 aromatic carbocycles. The van der Waals surface area contributed by atoms with Crippen molar-refractivity contribution in [3.63, 3.8) is 0 Å². The minimum atomic E-state index is 0.478. The summed E-state index contributed by atoms with van der Waals surface area (Å²) < 4.78 is 0. The Kier molecular flexibility index (Phi) is 3.63. The first-order valence-corrected chi connectivity index (χ1v) is 5.28. The van der Waals surface area contributed by atoms with Crippen molar-refractivity contribution in [2.75, 3.05) is 20.4 Å². The fourth-order valence-electron chi connectivity index (χ4n) is 1.26. The van der Waals surface area contributed by atoms with Crippen LogP contribution in [-0.2, 0) is 0 Å². The van der Waals surface area contributed by atoms with E-state index in [1.807, 2.05) is 11.8 Å². The Morgan fingerprint density at radius 2 is 1.75 bits per heavy atom. The van der Waals surface area contributed by atoms with Gasteiger partial charge in [0.15, 0.2) is 0 Å². The van der Waals surface area contributed by atoms with Gasteiger partial charge in [0.1, 0.15) is 0 Å². The summed E-state index contributed by atoms with van der Waals surface area (Å²) in [4.78, 5) is 2.22. The van der Waals surface area contributed by atoms with E-state index < -0.39 is 0 Å². The third kappa shape index (κ3) is 2.26. The third-order valence-corrected chi connectivity index (χ3v) is 2.92. The number of hydrogen-bond donors (Lipinski definition) is 0. The molecule has 0 amide bonds. The lowest BCUT2D eigenvalue weighted by molar-refractivity contribution is 0.392. The summed E-state index contributed by atoms with van der Waals surface area (Å²) in [6.45, 7) is 0. The fourth-order valence-corrected chi connectivity index (χ4v) is 2.11. The lowest BCUT2D eigenvalue weighted by atomic mass is 10.2. The summed E-state index contributed by atoms with van der Waals surface area (Å²) in [7, 11) is 4.21. The molecule has 1 rings (SSSR count). The van der Waals surface area contributed by atoms with Crippen molar-refractivity contribution in [3.8, 4) is 0 Å². The van der Waals surface area contributed by atoms with Crippen LogP contribution in [0.15, 0.2) is 30.3 Å². The number of thioether (sulfide) groups is 1. The Hall–Kier alpha value is -0.470. The molecule has 0 aromatic heterocycles. The van der Waals surface area contributed by atoms with Gasteiger partial charge in [-0.2, -0.15) is 0 Å². The van der Waals surface area contributed by atoms with Gasteiger partial charge in [0, 0.05) is 0 Å². The van der Waals surface area contributed by atoms with Gasteiger partial charge in [-0.1, -0.05) is 30.3 Å². The number of rotatable bonds is 3. The molecular weight excluding hydrogens is 166 g/mol. The Morgan fingerprint density at radius 3 is 2.17 bits per heavy atom. The van der Waals surface area contributed by atoms with E-state index in [0.29, 0.717) is 5.37 Å². The van der Waals surface area contributed by atoms with Crippen LogP contribution in [0.3, 0.4) is 0 Å². The maximum absolute atomic E-state index is 2.22. The van der Waals surface area contributed by atoms with Crippen LogP contribution in [0.2, 0.25) is 0 Å². The fraction of sp³-hybridized carbons (Fsp3) is 0.400. The molecule has 66 valence electrons. The zero-order valence-electron chi connectivity index (χ0n) is 7.82. The average Bonchev–Trinajstić information content (AvgIpc) is 2.07. The predicted molar refractivity (Wildman–Crippen MR) is 56.4 cm³/mol. The monoisotopic (exact) mass is 181 g/mol. The van der Waals surface area contributed by atoms with Gasteiger partial charge < -0.3 is 0 Å². The van der Waals surface area contributed by atoms with E-state index in [-0.39, 0.29) is 0 Å². The quantitative estimate of drug-likeness (QED) is 0.659. The van der Waals surface area contributed by atoms with Crippen LogP contribution in [0.5, 0.6) is 0 Å². The van der Waals surface area contributed by atoms with Crippen molar-refractivity contribution in [2.24, 2.45) is 0 Å². The van der Waals surface area contributed by atoms with Crippen molar-refractivity contribution in [1.82, 2.24) is 4.90 Å². The highest BCUT2D eigenvalue weighted by molar-refractivity contribution is 7.98. The molecule has 12 heavy (non-hydrogen) atoms. The van der Waals surface area contributed by atoms with E-state index in [0.717, 1.165) is 0 Å². The molecule has 1 aromatic rings. The highest BCUT2D eigenvalue weighted by Crippen LogP contribution is 2.27. The largest absolute Gasteiger partial charge is 0.294 e. The summed E-state index contributed by atoms with van der Waals surface area (Å²) in [5, 5.41) is 0.478. The first-order valence-electron chi connectivity index (χ1n) is 4.00. The Balaban J connectivity index is 2.80.